The van der Waals surface area contributed by atoms with E-state index in [1.165, 1.54) is 6.26 Å². The smallest absolute Gasteiger partial charge is 0.289 e. The molecule has 0 atom stereocenters. The number of rotatable bonds is 3. The summed E-state index contributed by atoms with van der Waals surface area (Å²) in [6.45, 7) is 5.58. The van der Waals surface area contributed by atoms with Gasteiger partial charge in [0.2, 0.25) is 0 Å². The summed E-state index contributed by atoms with van der Waals surface area (Å²) in [6.07, 6.45) is 3.89. The monoisotopic (exact) mass is 237 g/mol. The van der Waals surface area contributed by atoms with Crippen molar-refractivity contribution in [1.82, 2.24) is 4.90 Å². The third-order valence-electron chi connectivity index (χ3n) is 2.93. The lowest BCUT2D eigenvalue weighted by Crippen LogP contribution is -2.41. The highest BCUT2D eigenvalue weighted by atomic mass is 16.5. The fraction of sp³-hybridized carbons (Fsp3) is 0.615. The molecule has 1 amide bonds. The fourth-order valence-corrected chi connectivity index (χ4v) is 2.14. The summed E-state index contributed by atoms with van der Waals surface area (Å²) in [5.41, 5.74) is 0. The van der Waals surface area contributed by atoms with Gasteiger partial charge in [0.1, 0.15) is 0 Å². The van der Waals surface area contributed by atoms with Crippen LogP contribution in [-0.4, -0.2) is 36.1 Å². The van der Waals surface area contributed by atoms with Crippen molar-refractivity contribution < 1.29 is 13.9 Å². The van der Waals surface area contributed by atoms with Crippen molar-refractivity contribution in [2.24, 2.45) is 0 Å². The van der Waals surface area contributed by atoms with Crippen molar-refractivity contribution in [1.29, 1.82) is 0 Å². The molecular formula is C13H19NO3. The number of ether oxygens (including phenoxy) is 1. The van der Waals surface area contributed by atoms with E-state index in [0.29, 0.717) is 5.76 Å². The Kier molecular flexibility index (Phi) is 3.84. The number of likely N-dealkylation sites (tertiary alicyclic amines) is 1. The van der Waals surface area contributed by atoms with Crippen LogP contribution >= 0.6 is 0 Å². The first-order valence-electron chi connectivity index (χ1n) is 6.15. The van der Waals surface area contributed by atoms with Gasteiger partial charge in [0, 0.05) is 13.1 Å². The minimum Gasteiger partial charge on any atom is -0.459 e. The first-order valence-corrected chi connectivity index (χ1v) is 6.15. The van der Waals surface area contributed by atoms with Crippen molar-refractivity contribution in [3.8, 4) is 0 Å². The first-order chi connectivity index (χ1) is 8.16. The quantitative estimate of drug-likeness (QED) is 0.810. The second kappa shape index (κ2) is 5.36. The predicted octanol–water partition coefficient (Wildman–Crippen LogP) is 2.31. The molecule has 0 spiro atoms. The second-order valence-electron chi connectivity index (χ2n) is 4.65. The van der Waals surface area contributed by atoms with Gasteiger partial charge in [-0.2, -0.15) is 0 Å². The van der Waals surface area contributed by atoms with Gasteiger partial charge >= 0.3 is 0 Å². The zero-order valence-electron chi connectivity index (χ0n) is 10.4. The van der Waals surface area contributed by atoms with Gasteiger partial charge in [0.15, 0.2) is 5.76 Å². The van der Waals surface area contributed by atoms with Gasteiger partial charge < -0.3 is 14.1 Å². The van der Waals surface area contributed by atoms with Crippen LogP contribution in [0.2, 0.25) is 0 Å². The third kappa shape index (κ3) is 3.09. The Hall–Kier alpha value is -1.29. The lowest BCUT2D eigenvalue weighted by molar-refractivity contribution is -0.0240. The summed E-state index contributed by atoms with van der Waals surface area (Å²) < 4.78 is 10.9. The number of carbonyl (C=O) groups excluding carboxylic acids is 1. The maximum atomic E-state index is 12.0. The fourth-order valence-electron chi connectivity index (χ4n) is 2.14. The minimum atomic E-state index is -0.0157. The van der Waals surface area contributed by atoms with Crippen LogP contribution in [0.3, 0.4) is 0 Å². The van der Waals surface area contributed by atoms with Crippen molar-refractivity contribution in [2.45, 2.75) is 38.9 Å². The Morgan fingerprint density at radius 3 is 2.71 bits per heavy atom. The molecule has 4 heteroatoms. The van der Waals surface area contributed by atoms with Crippen LogP contribution in [0.15, 0.2) is 22.8 Å². The maximum absolute atomic E-state index is 12.0. The van der Waals surface area contributed by atoms with Gasteiger partial charge in [-0.25, -0.2) is 0 Å². The van der Waals surface area contributed by atoms with Crippen molar-refractivity contribution in [2.75, 3.05) is 13.1 Å². The molecule has 1 fully saturated rings. The number of carbonyl (C=O) groups is 1. The number of amides is 1. The highest BCUT2D eigenvalue weighted by Gasteiger charge is 2.25. The van der Waals surface area contributed by atoms with E-state index in [-0.39, 0.29) is 18.1 Å². The molecule has 17 heavy (non-hydrogen) atoms. The zero-order chi connectivity index (χ0) is 12.3. The van der Waals surface area contributed by atoms with Gasteiger partial charge in [0.05, 0.1) is 18.5 Å². The molecule has 0 saturated carbocycles. The van der Waals surface area contributed by atoms with E-state index >= 15 is 0 Å². The number of piperidine rings is 1. The van der Waals surface area contributed by atoms with Crippen molar-refractivity contribution >= 4 is 5.91 Å². The first kappa shape index (κ1) is 12.2. The van der Waals surface area contributed by atoms with E-state index in [1.54, 1.807) is 12.1 Å². The molecule has 2 heterocycles. The number of nitrogens with zero attached hydrogens (tertiary/aromatic N) is 1. The van der Waals surface area contributed by atoms with Gasteiger partial charge in [0.25, 0.3) is 5.91 Å². The standard InChI is InChI=1S/C13H19NO3/c1-10(2)17-11-5-7-14(8-6-11)13(15)12-4-3-9-16-12/h3-4,9-11H,5-8H2,1-2H3. The Labute approximate surface area is 102 Å². The van der Waals surface area contributed by atoms with E-state index in [2.05, 4.69) is 0 Å². The molecule has 0 radical (unpaired) electrons. The van der Waals surface area contributed by atoms with Crippen LogP contribution in [0, 0.1) is 0 Å². The van der Waals surface area contributed by atoms with Gasteiger partial charge in [-0.3, -0.25) is 4.79 Å². The lowest BCUT2D eigenvalue weighted by atomic mass is 10.1. The highest BCUT2D eigenvalue weighted by Crippen LogP contribution is 2.17. The zero-order valence-corrected chi connectivity index (χ0v) is 10.4. The number of hydrogen-bond acceptors (Lipinski definition) is 3. The van der Waals surface area contributed by atoms with Gasteiger partial charge in [-0.05, 0) is 38.8 Å². The molecule has 1 saturated heterocycles. The van der Waals surface area contributed by atoms with E-state index in [4.69, 9.17) is 9.15 Å². The van der Waals surface area contributed by atoms with Crippen LogP contribution in [0.1, 0.15) is 37.2 Å². The molecular weight excluding hydrogens is 218 g/mol. The highest BCUT2D eigenvalue weighted by molar-refractivity contribution is 5.91. The lowest BCUT2D eigenvalue weighted by Gasteiger charge is -2.32. The largest absolute Gasteiger partial charge is 0.459 e. The molecule has 0 N–H and O–H groups in total. The summed E-state index contributed by atoms with van der Waals surface area (Å²) in [4.78, 5) is 13.8. The number of hydrogen-bond donors (Lipinski definition) is 0. The molecule has 4 nitrogen and oxygen atoms in total. The molecule has 0 unspecified atom stereocenters. The summed E-state index contributed by atoms with van der Waals surface area (Å²) in [5.74, 6) is 0.409. The normalized spacial score (nSPS) is 17.7. The van der Waals surface area contributed by atoms with Crippen molar-refractivity contribution in [3.05, 3.63) is 24.2 Å². The molecule has 1 aromatic heterocycles. The van der Waals surface area contributed by atoms with Crippen LogP contribution in [0.4, 0.5) is 0 Å². The summed E-state index contributed by atoms with van der Waals surface area (Å²) in [5, 5.41) is 0. The molecule has 0 aromatic carbocycles. The molecule has 0 bridgehead atoms. The summed E-state index contributed by atoms with van der Waals surface area (Å²) in [7, 11) is 0. The van der Waals surface area contributed by atoms with Crippen LogP contribution < -0.4 is 0 Å². The SMILES string of the molecule is CC(C)OC1CCN(C(=O)c2ccco2)CC1. The van der Waals surface area contributed by atoms with Crippen molar-refractivity contribution in [3.63, 3.8) is 0 Å². The summed E-state index contributed by atoms with van der Waals surface area (Å²) in [6, 6.07) is 3.45. The maximum Gasteiger partial charge on any atom is 0.289 e. The molecule has 0 aliphatic carbocycles. The molecule has 1 aliphatic rings. The molecule has 1 aliphatic heterocycles. The Morgan fingerprint density at radius 1 is 1.47 bits per heavy atom. The van der Waals surface area contributed by atoms with E-state index in [9.17, 15) is 4.79 Å². The molecule has 1 aromatic rings. The predicted molar refractivity (Wildman–Crippen MR) is 63.9 cm³/mol. The average molecular weight is 237 g/mol. The van der Waals surface area contributed by atoms with Crippen LogP contribution in [0.25, 0.3) is 0 Å². The van der Waals surface area contributed by atoms with Crippen LogP contribution in [-0.2, 0) is 4.74 Å². The van der Waals surface area contributed by atoms with Crippen LogP contribution in [0.5, 0.6) is 0 Å². The summed E-state index contributed by atoms with van der Waals surface area (Å²) >= 11 is 0. The van der Waals surface area contributed by atoms with E-state index in [1.807, 2.05) is 18.7 Å². The Balaban J connectivity index is 1.85. The third-order valence-corrected chi connectivity index (χ3v) is 2.93. The van der Waals surface area contributed by atoms with E-state index in [0.717, 1.165) is 25.9 Å². The Bertz CT molecular complexity index is 351. The molecule has 94 valence electrons. The topological polar surface area (TPSA) is 42.7 Å². The number of furan rings is 1. The minimum absolute atomic E-state index is 0.0157. The average Bonchev–Trinajstić information content (AvgIpc) is 2.82. The molecule has 2 rings (SSSR count). The van der Waals surface area contributed by atoms with E-state index < -0.39 is 0 Å². The second-order valence-corrected chi connectivity index (χ2v) is 4.65. The van der Waals surface area contributed by atoms with Gasteiger partial charge in [-0.1, -0.05) is 0 Å². The van der Waals surface area contributed by atoms with Gasteiger partial charge in [-0.15, -0.1) is 0 Å². The Morgan fingerprint density at radius 2 is 2.18 bits per heavy atom.